The molecule has 0 unspecified atom stereocenters. The number of carbonyl (C=O) groups is 1. The van der Waals surface area contributed by atoms with Crippen molar-refractivity contribution in [3.8, 4) is 11.9 Å². The molecular weight excluding hydrogens is 451 g/mol. The van der Waals surface area contributed by atoms with E-state index in [1.165, 1.54) is 6.20 Å². The highest BCUT2D eigenvalue weighted by atomic mass is 32.2. The molecule has 178 valence electrons. The highest BCUT2D eigenvalue weighted by molar-refractivity contribution is 7.98. The lowest BCUT2D eigenvalue weighted by molar-refractivity contribution is 0.144. The smallest absolute Gasteiger partial charge is 0.404 e. The Hall–Kier alpha value is -3.30. The fourth-order valence-corrected chi connectivity index (χ4v) is 3.36. The van der Waals surface area contributed by atoms with E-state index in [1.807, 2.05) is 12.3 Å². The minimum Gasteiger partial charge on any atom is -0.475 e. The summed E-state index contributed by atoms with van der Waals surface area (Å²) in [7, 11) is 1.56. The molecule has 0 aliphatic carbocycles. The van der Waals surface area contributed by atoms with Crippen molar-refractivity contribution in [1.29, 1.82) is 5.26 Å². The normalized spacial score (nSPS) is 12.3. The second-order valence-electron chi connectivity index (χ2n) is 6.95. The number of carboxylic acid groups (broad SMARTS) is 1. The molecule has 1 amide bonds. The number of halogens is 1. The molecule has 0 saturated heterocycles. The average molecular weight is 479 g/mol. The monoisotopic (exact) mass is 478 g/mol. The van der Waals surface area contributed by atoms with Crippen LogP contribution < -0.4 is 20.7 Å². The molecule has 12 heteroatoms. The van der Waals surface area contributed by atoms with Crippen LogP contribution in [-0.2, 0) is 4.74 Å². The summed E-state index contributed by atoms with van der Waals surface area (Å²) in [6.45, 7) is 2.41. The zero-order chi connectivity index (χ0) is 24.2. The van der Waals surface area contributed by atoms with Crippen molar-refractivity contribution in [3.05, 3.63) is 35.8 Å². The number of amides is 1. The molecule has 0 saturated carbocycles. The number of ether oxygens (including phenoxy) is 2. The number of hydrogen-bond donors (Lipinski definition) is 4. The minimum atomic E-state index is -1.17. The first-order chi connectivity index (χ1) is 15.9. The van der Waals surface area contributed by atoms with E-state index in [4.69, 9.17) is 14.6 Å². The maximum absolute atomic E-state index is 14.7. The highest BCUT2D eigenvalue weighted by Crippen LogP contribution is 2.25. The van der Waals surface area contributed by atoms with Crippen LogP contribution in [0.4, 0.5) is 26.5 Å². The van der Waals surface area contributed by atoms with E-state index >= 15 is 0 Å². The summed E-state index contributed by atoms with van der Waals surface area (Å²) in [4.78, 5) is 19.4. The van der Waals surface area contributed by atoms with Crippen LogP contribution in [0.2, 0.25) is 0 Å². The quantitative estimate of drug-likeness (QED) is 0.316. The van der Waals surface area contributed by atoms with Crippen LogP contribution in [0.15, 0.2) is 24.4 Å². The number of aromatic nitrogens is 2. The van der Waals surface area contributed by atoms with Crippen LogP contribution in [0.1, 0.15) is 18.9 Å². The molecule has 2 atom stereocenters. The molecule has 2 rings (SSSR count). The van der Waals surface area contributed by atoms with Crippen LogP contribution in [0.5, 0.6) is 5.88 Å². The topological polar surface area (TPSA) is 141 Å². The molecule has 0 radical (unpaired) electrons. The molecule has 0 aliphatic heterocycles. The van der Waals surface area contributed by atoms with Crippen molar-refractivity contribution >= 4 is 35.2 Å². The Bertz CT molecular complexity index is 974. The molecule has 0 fully saturated rings. The maximum Gasteiger partial charge on any atom is 0.404 e. The van der Waals surface area contributed by atoms with Gasteiger partial charge in [0.25, 0.3) is 0 Å². The van der Waals surface area contributed by atoms with Crippen LogP contribution in [0.3, 0.4) is 0 Å². The predicted molar refractivity (Wildman–Crippen MR) is 125 cm³/mol. The zero-order valence-electron chi connectivity index (χ0n) is 18.6. The van der Waals surface area contributed by atoms with Gasteiger partial charge in [0, 0.05) is 37.1 Å². The fraction of sp³-hybridized carbons (Fsp3) is 0.429. The predicted octanol–water partition coefficient (Wildman–Crippen LogP) is 3.45. The summed E-state index contributed by atoms with van der Waals surface area (Å²) < 4.78 is 25.1. The third-order valence-corrected chi connectivity index (χ3v) is 5.19. The van der Waals surface area contributed by atoms with Crippen LogP contribution in [0.25, 0.3) is 0 Å². The number of rotatable bonds is 13. The first-order valence-corrected chi connectivity index (χ1v) is 11.5. The van der Waals surface area contributed by atoms with E-state index in [1.54, 1.807) is 37.9 Å². The number of nitrogens with one attached hydrogen (secondary N) is 3. The molecule has 0 aromatic carbocycles. The lowest BCUT2D eigenvalue weighted by atomic mass is 10.1. The molecule has 4 N–H and O–H groups in total. The van der Waals surface area contributed by atoms with Gasteiger partial charge in [-0.1, -0.05) is 0 Å². The molecule has 10 nitrogen and oxygen atoms in total. The molecule has 2 aromatic heterocycles. The number of thioether (sulfide) groups is 1. The first kappa shape index (κ1) is 26.0. The molecule has 0 spiro atoms. The summed E-state index contributed by atoms with van der Waals surface area (Å²) in [6, 6.07) is 5.36. The van der Waals surface area contributed by atoms with Gasteiger partial charge in [0.05, 0.1) is 12.2 Å². The standard InChI is InChI=1S/C21H27FN6O4S/c1-13(25-21(29)30)17(5-9-33-3)27-20-16(22)10-14(12-23)19(28-20)26-15-4-6-24-18(11-15)32-8-7-31-2/h4,6,10-11,13,17,25H,5,7-9H2,1-3H3,(H,29,30)(H2,24,26,27,28)/t13-,17-/m0/s1. The van der Waals surface area contributed by atoms with Crippen molar-refractivity contribution in [2.75, 3.05) is 43.0 Å². The summed E-state index contributed by atoms with van der Waals surface area (Å²) in [5, 5.41) is 26.9. The van der Waals surface area contributed by atoms with E-state index in [9.17, 15) is 14.4 Å². The van der Waals surface area contributed by atoms with E-state index in [2.05, 4.69) is 25.9 Å². The van der Waals surface area contributed by atoms with Gasteiger partial charge in [-0.2, -0.15) is 17.0 Å². The van der Waals surface area contributed by atoms with Gasteiger partial charge < -0.3 is 30.5 Å². The zero-order valence-corrected chi connectivity index (χ0v) is 19.4. The summed E-state index contributed by atoms with van der Waals surface area (Å²) in [5.41, 5.74) is 0.549. The minimum absolute atomic E-state index is 0.00841. The summed E-state index contributed by atoms with van der Waals surface area (Å²) in [6.07, 6.45) is 2.85. The number of nitrogens with zero attached hydrogens (tertiary/aromatic N) is 3. The van der Waals surface area contributed by atoms with Gasteiger partial charge in [0.15, 0.2) is 17.5 Å². The molecule has 0 bridgehead atoms. The molecule has 0 aliphatic rings. The van der Waals surface area contributed by atoms with Crippen molar-refractivity contribution < 1.29 is 23.8 Å². The highest BCUT2D eigenvalue weighted by Gasteiger charge is 2.22. The van der Waals surface area contributed by atoms with E-state index in [-0.39, 0.29) is 17.2 Å². The average Bonchev–Trinajstić information content (AvgIpc) is 2.78. The molecule has 33 heavy (non-hydrogen) atoms. The van der Waals surface area contributed by atoms with E-state index in [0.717, 1.165) is 11.8 Å². The van der Waals surface area contributed by atoms with Gasteiger partial charge in [-0.3, -0.25) is 0 Å². The Labute approximate surface area is 195 Å². The van der Waals surface area contributed by atoms with Gasteiger partial charge in [0.2, 0.25) is 5.88 Å². The molecular formula is C21H27FN6O4S. The van der Waals surface area contributed by atoms with Crippen molar-refractivity contribution in [2.45, 2.75) is 25.4 Å². The Kier molecular flexibility index (Phi) is 10.5. The summed E-state index contributed by atoms with van der Waals surface area (Å²) in [5.74, 6) is 0.411. The van der Waals surface area contributed by atoms with Gasteiger partial charge >= 0.3 is 6.09 Å². The van der Waals surface area contributed by atoms with Crippen LogP contribution >= 0.6 is 11.8 Å². The van der Waals surface area contributed by atoms with Crippen LogP contribution in [-0.4, -0.2) is 65.6 Å². The van der Waals surface area contributed by atoms with E-state index in [0.29, 0.717) is 31.2 Å². The third-order valence-electron chi connectivity index (χ3n) is 4.54. The Balaban J connectivity index is 2.27. The van der Waals surface area contributed by atoms with Crippen molar-refractivity contribution in [1.82, 2.24) is 15.3 Å². The van der Waals surface area contributed by atoms with Crippen molar-refractivity contribution in [2.24, 2.45) is 0 Å². The number of methoxy groups -OCH3 is 1. The SMILES string of the molecule is COCCOc1cc(Nc2nc(N[C@@H](CCSC)[C@H](C)NC(=O)O)c(F)cc2C#N)ccn1. The Morgan fingerprint density at radius 3 is 2.82 bits per heavy atom. The Morgan fingerprint density at radius 1 is 1.36 bits per heavy atom. The number of nitriles is 1. The van der Waals surface area contributed by atoms with E-state index < -0.39 is 24.0 Å². The molecule has 2 heterocycles. The van der Waals surface area contributed by atoms with Crippen molar-refractivity contribution in [3.63, 3.8) is 0 Å². The summed E-state index contributed by atoms with van der Waals surface area (Å²) >= 11 is 1.59. The Morgan fingerprint density at radius 2 is 2.15 bits per heavy atom. The van der Waals surface area contributed by atoms with Gasteiger partial charge in [0.1, 0.15) is 12.7 Å². The van der Waals surface area contributed by atoms with Crippen LogP contribution in [0, 0.1) is 17.1 Å². The molecule has 2 aromatic rings. The van der Waals surface area contributed by atoms with Gasteiger partial charge in [-0.15, -0.1) is 0 Å². The lowest BCUT2D eigenvalue weighted by Crippen LogP contribution is -2.45. The van der Waals surface area contributed by atoms with Gasteiger partial charge in [-0.05, 0) is 37.5 Å². The first-order valence-electron chi connectivity index (χ1n) is 10.1. The lowest BCUT2D eigenvalue weighted by Gasteiger charge is -2.26. The number of hydrogen-bond acceptors (Lipinski definition) is 9. The second kappa shape index (κ2) is 13.3. The third kappa shape index (κ3) is 8.28. The van der Waals surface area contributed by atoms with Gasteiger partial charge in [-0.25, -0.2) is 19.2 Å². The number of anilines is 3. The fourth-order valence-electron chi connectivity index (χ4n) is 2.87. The second-order valence-corrected chi connectivity index (χ2v) is 7.93. The largest absolute Gasteiger partial charge is 0.475 e. The maximum atomic E-state index is 14.7. The number of pyridine rings is 2.